The lowest BCUT2D eigenvalue weighted by Crippen LogP contribution is -2.08. The molecule has 1 aromatic heterocycles. The lowest BCUT2D eigenvalue weighted by molar-refractivity contribution is 0.0685. The quantitative estimate of drug-likeness (QED) is 0.944. The number of hydrogen-bond donors (Lipinski definition) is 1. The Morgan fingerprint density at radius 3 is 2.89 bits per heavy atom. The van der Waals surface area contributed by atoms with E-state index in [-0.39, 0.29) is 5.69 Å². The number of halogens is 1. The fraction of sp³-hybridized carbons (Fsp3) is 0.154. The number of carboxylic acid groups (broad SMARTS) is 1. The number of methoxy groups -OCH3 is 1. The summed E-state index contributed by atoms with van der Waals surface area (Å²) in [6.07, 6.45) is 1.75. The van der Waals surface area contributed by atoms with Crippen LogP contribution in [0.25, 0.3) is 0 Å². The van der Waals surface area contributed by atoms with Crippen LogP contribution in [0, 0.1) is 0 Å². The van der Waals surface area contributed by atoms with Crippen molar-refractivity contribution < 1.29 is 14.6 Å². The standard InChI is InChI=1S/C13H12BrNO3/c1-18-11-4-2-3-9(5-11)7-15-8-10(14)6-12(15)13(16)17/h2-6,8H,7H2,1H3,(H,16,17). The molecule has 0 aliphatic carbocycles. The third kappa shape index (κ3) is 2.73. The molecule has 2 rings (SSSR count). The first-order chi connectivity index (χ1) is 8.60. The molecule has 2 aromatic rings. The van der Waals surface area contributed by atoms with Gasteiger partial charge >= 0.3 is 5.97 Å². The number of aromatic nitrogens is 1. The minimum atomic E-state index is -0.941. The zero-order chi connectivity index (χ0) is 13.1. The summed E-state index contributed by atoms with van der Waals surface area (Å²) in [5.74, 6) is -0.181. The maximum absolute atomic E-state index is 11.1. The fourth-order valence-electron chi connectivity index (χ4n) is 1.75. The van der Waals surface area contributed by atoms with Gasteiger partial charge in [0.15, 0.2) is 0 Å². The molecule has 5 heteroatoms. The van der Waals surface area contributed by atoms with Crippen LogP contribution in [0.15, 0.2) is 41.0 Å². The van der Waals surface area contributed by atoms with Gasteiger partial charge in [-0.2, -0.15) is 0 Å². The number of rotatable bonds is 4. The molecule has 0 aliphatic heterocycles. The predicted octanol–water partition coefficient (Wildman–Crippen LogP) is 3.01. The molecular formula is C13H12BrNO3. The van der Waals surface area contributed by atoms with E-state index < -0.39 is 5.97 Å². The summed E-state index contributed by atoms with van der Waals surface area (Å²) in [4.78, 5) is 11.1. The average Bonchev–Trinajstić information content (AvgIpc) is 2.70. The Bertz CT molecular complexity index is 577. The topological polar surface area (TPSA) is 51.5 Å². The summed E-state index contributed by atoms with van der Waals surface area (Å²) in [6.45, 7) is 0.491. The highest BCUT2D eigenvalue weighted by Crippen LogP contribution is 2.19. The van der Waals surface area contributed by atoms with Crippen molar-refractivity contribution in [3.8, 4) is 5.75 Å². The molecule has 94 valence electrons. The van der Waals surface area contributed by atoms with E-state index in [0.717, 1.165) is 15.8 Å². The van der Waals surface area contributed by atoms with Gasteiger partial charge in [-0.15, -0.1) is 0 Å². The third-order valence-corrected chi connectivity index (χ3v) is 3.00. The average molecular weight is 310 g/mol. The monoisotopic (exact) mass is 309 g/mol. The molecule has 0 fully saturated rings. The first kappa shape index (κ1) is 12.7. The molecule has 0 saturated heterocycles. The molecule has 0 atom stereocenters. The second kappa shape index (κ2) is 5.27. The normalized spacial score (nSPS) is 10.3. The van der Waals surface area contributed by atoms with Crippen LogP contribution in [0.5, 0.6) is 5.75 Å². The van der Waals surface area contributed by atoms with E-state index in [4.69, 9.17) is 9.84 Å². The molecule has 0 amide bonds. The SMILES string of the molecule is COc1cccc(Cn2cc(Br)cc2C(=O)O)c1. The maximum atomic E-state index is 11.1. The van der Waals surface area contributed by atoms with Crippen LogP contribution >= 0.6 is 15.9 Å². The number of carboxylic acids is 1. The molecule has 1 N–H and O–H groups in total. The minimum absolute atomic E-state index is 0.254. The van der Waals surface area contributed by atoms with Gasteiger partial charge < -0.3 is 14.4 Å². The van der Waals surface area contributed by atoms with Crippen molar-refractivity contribution in [3.05, 3.63) is 52.3 Å². The summed E-state index contributed by atoms with van der Waals surface area (Å²) in [7, 11) is 1.61. The molecule has 0 radical (unpaired) electrons. The second-order valence-corrected chi connectivity index (χ2v) is 4.74. The van der Waals surface area contributed by atoms with Gasteiger partial charge in [-0.05, 0) is 39.7 Å². The Hall–Kier alpha value is -1.75. The Labute approximate surface area is 113 Å². The second-order valence-electron chi connectivity index (χ2n) is 3.83. The molecule has 0 aliphatic rings. The first-order valence-corrected chi connectivity index (χ1v) is 6.11. The van der Waals surface area contributed by atoms with E-state index in [1.54, 1.807) is 23.9 Å². The number of hydrogen-bond acceptors (Lipinski definition) is 2. The van der Waals surface area contributed by atoms with E-state index in [0.29, 0.717) is 6.54 Å². The molecule has 0 bridgehead atoms. The van der Waals surface area contributed by atoms with Gasteiger partial charge in [0.25, 0.3) is 0 Å². The molecule has 0 unspecified atom stereocenters. The van der Waals surface area contributed by atoms with E-state index in [2.05, 4.69) is 15.9 Å². The molecule has 18 heavy (non-hydrogen) atoms. The van der Waals surface area contributed by atoms with Crippen molar-refractivity contribution in [3.63, 3.8) is 0 Å². The third-order valence-electron chi connectivity index (χ3n) is 2.57. The van der Waals surface area contributed by atoms with Crippen molar-refractivity contribution in [2.45, 2.75) is 6.54 Å². The molecule has 1 aromatic carbocycles. The molecule has 0 saturated carbocycles. The van der Waals surface area contributed by atoms with Gasteiger partial charge in [-0.3, -0.25) is 0 Å². The lowest BCUT2D eigenvalue weighted by atomic mass is 10.2. The maximum Gasteiger partial charge on any atom is 0.352 e. The first-order valence-electron chi connectivity index (χ1n) is 5.32. The number of benzene rings is 1. The summed E-state index contributed by atoms with van der Waals surface area (Å²) >= 11 is 3.28. The van der Waals surface area contributed by atoms with Crippen LogP contribution in [0.4, 0.5) is 0 Å². The largest absolute Gasteiger partial charge is 0.497 e. The van der Waals surface area contributed by atoms with Crippen molar-refractivity contribution in [2.75, 3.05) is 7.11 Å². The van der Waals surface area contributed by atoms with Gasteiger partial charge in [0.2, 0.25) is 0 Å². The van der Waals surface area contributed by atoms with Crippen LogP contribution in [-0.2, 0) is 6.54 Å². The van der Waals surface area contributed by atoms with Crippen molar-refractivity contribution in [1.29, 1.82) is 0 Å². The van der Waals surface area contributed by atoms with Crippen molar-refractivity contribution in [1.82, 2.24) is 4.57 Å². The van der Waals surface area contributed by atoms with Gasteiger partial charge in [0, 0.05) is 17.2 Å². The van der Waals surface area contributed by atoms with Crippen LogP contribution in [-0.4, -0.2) is 22.8 Å². The van der Waals surface area contributed by atoms with E-state index in [1.807, 2.05) is 24.3 Å². The van der Waals surface area contributed by atoms with Gasteiger partial charge in [0.1, 0.15) is 11.4 Å². The molecule has 0 spiro atoms. The molecule has 4 nitrogen and oxygen atoms in total. The summed E-state index contributed by atoms with van der Waals surface area (Å²) in [6, 6.07) is 9.14. The zero-order valence-corrected chi connectivity index (χ0v) is 11.3. The highest BCUT2D eigenvalue weighted by atomic mass is 79.9. The zero-order valence-electron chi connectivity index (χ0n) is 9.76. The highest BCUT2D eigenvalue weighted by Gasteiger charge is 2.11. The Morgan fingerprint density at radius 1 is 1.44 bits per heavy atom. The van der Waals surface area contributed by atoms with Crippen LogP contribution in [0.2, 0.25) is 0 Å². The van der Waals surface area contributed by atoms with E-state index >= 15 is 0 Å². The number of nitrogens with zero attached hydrogens (tertiary/aromatic N) is 1. The van der Waals surface area contributed by atoms with E-state index in [9.17, 15) is 4.79 Å². The van der Waals surface area contributed by atoms with Crippen LogP contribution in [0.1, 0.15) is 16.1 Å². The van der Waals surface area contributed by atoms with Crippen LogP contribution in [0.3, 0.4) is 0 Å². The van der Waals surface area contributed by atoms with E-state index in [1.165, 1.54) is 0 Å². The van der Waals surface area contributed by atoms with Gasteiger partial charge in [-0.25, -0.2) is 4.79 Å². The minimum Gasteiger partial charge on any atom is -0.497 e. The van der Waals surface area contributed by atoms with Crippen molar-refractivity contribution >= 4 is 21.9 Å². The lowest BCUT2D eigenvalue weighted by Gasteiger charge is -2.07. The van der Waals surface area contributed by atoms with Crippen molar-refractivity contribution in [2.24, 2.45) is 0 Å². The van der Waals surface area contributed by atoms with Gasteiger partial charge in [0.05, 0.1) is 7.11 Å². The fourth-order valence-corrected chi connectivity index (χ4v) is 2.22. The van der Waals surface area contributed by atoms with Gasteiger partial charge in [-0.1, -0.05) is 12.1 Å². The number of carbonyl (C=O) groups is 1. The Balaban J connectivity index is 2.30. The predicted molar refractivity (Wildman–Crippen MR) is 71.2 cm³/mol. The molecule has 1 heterocycles. The molecular weight excluding hydrogens is 298 g/mol. The highest BCUT2D eigenvalue weighted by molar-refractivity contribution is 9.10. The Kier molecular flexibility index (Phi) is 3.72. The van der Waals surface area contributed by atoms with Crippen LogP contribution < -0.4 is 4.74 Å². The Morgan fingerprint density at radius 2 is 2.22 bits per heavy atom. The summed E-state index contributed by atoms with van der Waals surface area (Å²) in [5.41, 5.74) is 1.24. The smallest absolute Gasteiger partial charge is 0.352 e. The summed E-state index contributed by atoms with van der Waals surface area (Å²) < 4.78 is 7.57. The summed E-state index contributed by atoms with van der Waals surface area (Å²) in [5, 5.41) is 9.09. The number of aromatic carboxylic acids is 1. The number of ether oxygens (including phenoxy) is 1.